The van der Waals surface area contributed by atoms with Crippen LogP contribution in [0.25, 0.3) is 11.2 Å². The standard InChI is InChI=1S/C19H25N5O/c1-4-14-6-7-16(25-14)15-10-13(3)8-9-24(15)19-17-18(20-11-21-19)23(5-2)12-22-17/h6-7,11-13,15H,4-5,8-10H2,1-3H3. The number of aromatic nitrogens is 4. The predicted molar refractivity (Wildman–Crippen MR) is 97.6 cm³/mol. The van der Waals surface area contributed by atoms with Crippen LogP contribution < -0.4 is 4.90 Å². The third-order valence-electron chi connectivity index (χ3n) is 5.22. The molecule has 0 N–H and O–H groups in total. The maximum atomic E-state index is 6.10. The van der Waals surface area contributed by atoms with Gasteiger partial charge in [-0.05, 0) is 37.8 Å². The lowest BCUT2D eigenvalue weighted by atomic mass is 9.91. The summed E-state index contributed by atoms with van der Waals surface area (Å²) in [5, 5.41) is 0. The van der Waals surface area contributed by atoms with Gasteiger partial charge < -0.3 is 13.9 Å². The van der Waals surface area contributed by atoms with E-state index in [2.05, 4.69) is 57.3 Å². The summed E-state index contributed by atoms with van der Waals surface area (Å²) in [6.45, 7) is 8.35. The monoisotopic (exact) mass is 339 g/mol. The van der Waals surface area contributed by atoms with Gasteiger partial charge in [0.1, 0.15) is 17.8 Å². The summed E-state index contributed by atoms with van der Waals surface area (Å²) in [7, 11) is 0. The zero-order chi connectivity index (χ0) is 17.4. The number of fused-ring (bicyclic) bond motifs is 1. The van der Waals surface area contributed by atoms with Crippen molar-refractivity contribution < 1.29 is 4.42 Å². The fourth-order valence-corrected chi connectivity index (χ4v) is 3.74. The van der Waals surface area contributed by atoms with E-state index in [0.29, 0.717) is 5.92 Å². The Morgan fingerprint density at radius 3 is 2.84 bits per heavy atom. The van der Waals surface area contributed by atoms with Gasteiger partial charge in [-0.3, -0.25) is 0 Å². The first-order valence-electron chi connectivity index (χ1n) is 9.22. The fraction of sp³-hybridized carbons (Fsp3) is 0.526. The molecule has 0 amide bonds. The Kier molecular flexibility index (Phi) is 4.19. The second-order valence-electron chi connectivity index (χ2n) is 6.90. The van der Waals surface area contributed by atoms with Crippen LogP contribution in [0.2, 0.25) is 0 Å². The van der Waals surface area contributed by atoms with Gasteiger partial charge in [0.2, 0.25) is 0 Å². The molecule has 6 heteroatoms. The fourth-order valence-electron chi connectivity index (χ4n) is 3.74. The molecule has 0 aliphatic carbocycles. The van der Waals surface area contributed by atoms with E-state index in [9.17, 15) is 0 Å². The highest BCUT2D eigenvalue weighted by atomic mass is 16.3. The number of piperidine rings is 1. The average Bonchev–Trinajstić information content (AvgIpc) is 3.28. The molecule has 1 fully saturated rings. The molecule has 2 atom stereocenters. The van der Waals surface area contributed by atoms with E-state index in [1.54, 1.807) is 6.33 Å². The number of anilines is 1. The van der Waals surface area contributed by atoms with Crippen LogP contribution in [0.4, 0.5) is 5.82 Å². The Balaban J connectivity index is 1.77. The Labute approximate surface area is 147 Å². The molecule has 4 rings (SSSR count). The summed E-state index contributed by atoms with van der Waals surface area (Å²) < 4.78 is 8.16. The zero-order valence-electron chi connectivity index (χ0n) is 15.1. The minimum Gasteiger partial charge on any atom is -0.464 e. The molecule has 1 saturated heterocycles. The van der Waals surface area contributed by atoms with E-state index in [1.807, 2.05) is 6.33 Å². The third-order valence-corrected chi connectivity index (χ3v) is 5.22. The second-order valence-corrected chi connectivity index (χ2v) is 6.90. The quantitative estimate of drug-likeness (QED) is 0.719. The molecular formula is C19H25N5O. The van der Waals surface area contributed by atoms with E-state index in [0.717, 1.165) is 60.9 Å². The molecule has 0 radical (unpaired) electrons. The highest BCUT2D eigenvalue weighted by Gasteiger charge is 2.32. The molecule has 6 nitrogen and oxygen atoms in total. The number of aryl methyl sites for hydroxylation is 2. The van der Waals surface area contributed by atoms with Crippen LogP contribution in [0.5, 0.6) is 0 Å². The first-order valence-corrected chi connectivity index (χ1v) is 9.22. The van der Waals surface area contributed by atoms with Gasteiger partial charge >= 0.3 is 0 Å². The Morgan fingerprint density at radius 2 is 2.08 bits per heavy atom. The third kappa shape index (κ3) is 2.79. The highest BCUT2D eigenvalue weighted by Crippen LogP contribution is 2.39. The first kappa shape index (κ1) is 16.1. The molecule has 25 heavy (non-hydrogen) atoms. The number of furan rings is 1. The van der Waals surface area contributed by atoms with Gasteiger partial charge in [-0.15, -0.1) is 0 Å². The van der Waals surface area contributed by atoms with Crippen molar-refractivity contribution >= 4 is 17.0 Å². The maximum Gasteiger partial charge on any atom is 0.165 e. The smallest absolute Gasteiger partial charge is 0.165 e. The molecule has 0 aromatic carbocycles. The van der Waals surface area contributed by atoms with E-state index >= 15 is 0 Å². The Morgan fingerprint density at radius 1 is 1.20 bits per heavy atom. The lowest BCUT2D eigenvalue weighted by Gasteiger charge is -2.38. The van der Waals surface area contributed by atoms with Crippen LogP contribution in [0, 0.1) is 5.92 Å². The van der Waals surface area contributed by atoms with Crippen molar-refractivity contribution in [2.24, 2.45) is 5.92 Å². The number of rotatable bonds is 4. The predicted octanol–water partition coefficient (Wildman–Crippen LogP) is 3.98. The van der Waals surface area contributed by atoms with E-state index in [-0.39, 0.29) is 6.04 Å². The summed E-state index contributed by atoms with van der Waals surface area (Å²) in [4.78, 5) is 16.0. The summed E-state index contributed by atoms with van der Waals surface area (Å²) in [5.74, 6) is 3.66. The molecular weight excluding hydrogens is 314 g/mol. The van der Waals surface area contributed by atoms with Crippen molar-refractivity contribution in [3.8, 4) is 0 Å². The molecule has 1 aliphatic heterocycles. The first-order chi connectivity index (χ1) is 12.2. The summed E-state index contributed by atoms with van der Waals surface area (Å²) in [5.41, 5.74) is 1.78. The second kappa shape index (κ2) is 6.50. The van der Waals surface area contributed by atoms with E-state index < -0.39 is 0 Å². The molecule has 1 aliphatic rings. The summed E-state index contributed by atoms with van der Waals surface area (Å²) in [6.07, 6.45) is 6.64. The van der Waals surface area contributed by atoms with Crippen molar-refractivity contribution in [2.45, 2.75) is 52.6 Å². The van der Waals surface area contributed by atoms with Crippen LogP contribution in [0.15, 0.2) is 29.2 Å². The number of nitrogens with zero attached hydrogens (tertiary/aromatic N) is 5. The van der Waals surface area contributed by atoms with Gasteiger partial charge in [0.15, 0.2) is 17.0 Å². The van der Waals surface area contributed by atoms with Gasteiger partial charge in [0, 0.05) is 19.5 Å². The van der Waals surface area contributed by atoms with Gasteiger partial charge in [-0.2, -0.15) is 0 Å². The molecule has 0 bridgehead atoms. The number of imidazole rings is 1. The topological polar surface area (TPSA) is 60.0 Å². The SMILES string of the molecule is CCc1ccc(C2CC(C)CCN2c2ncnc3c2ncn3CC)o1. The highest BCUT2D eigenvalue weighted by molar-refractivity contribution is 5.83. The molecule has 4 heterocycles. The molecule has 3 aromatic heterocycles. The van der Waals surface area contributed by atoms with Crippen LogP contribution >= 0.6 is 0 Å². The Hall–Kier alpha value is -2.37. The largest absolute Gasteiger partial charge is 0.464 e. The average molecular weight is 339 g/mol. The van der Waals surface area contributed by atoms with Crippen LogP contribution in [0.3, 0.4) is 0 Å². The van der Waals surface area contributed by atoms with Crippen molar-refractivity contribution in [1.82, 2.24) is 19.5 Å². The van der Waals surface area contributed by atoms with Gasteiger partial charge in [-0.25, -0.2) is 15.0 Å². The van der Waals surface area contributed by atoms with Gasteiger partial charge in [0.05, 0.1) is 12.4 Å². The van der Waals surface area contributed by atoms with Crippen molar-refractivity contribution in [1.29, 1.82) is 0 Å². The normalized spacial score (nSPS) is 21.2. The maximum absolute atomic E-state index is 6.10. The summed E-state index contributed by atoms with van der Waals surface area (Å²) in [6, 6.07) is 4.42. The van der Waals surface area contributed by atoms with E-state index in [4.69, 9.17) is 4.42 Å². The number of hydrogen-bond acceptors (Lipinski definition) is 5. The van der Waals surface area contributed by atoms with Crippen molar-refractivity contribution in [3.05, 3.63) is 36.3 Å². The lowest BCUT2D eigenvalue weighted by Crippen LogP contribution is -2.36. The zero-order valence-corrected chi connectivity index (χ0v) is 15.1. The van der Waals surface area contributed by atoms with E-state index in [1.165, 1.54) is 0 Å². The van der Waals surface area contributed by atoms with Gasteiger partial charge in [-0.1, -0.05) is 13.8 Å². The van der Waals surface area contributed by atoms with Crippen LogP contribution in [-0.4, -0.2) is 26.1 Å². The van der Waals surface area contributed by atoms with Crippen molar-refractivity contribution in [3.63, 3.8) is 0 Å². The summed E-state index contributed by atoms with van der Waals surface area (Å²) >= 11 is 0. The van der Waals surface area contributed by atoms with Crippen LogP contribution in [0.1, 0.15) is 51.2 Å². The Bertz CT molecular complexity index is 868. The minimum absolute atomic E-state index is 0.203. The van der Waals surface area contributed by atoms with Crippen LogP contribution in [-0.2, 0) is 13.0 Å². The lowest BCUT2D eigenvalue weighted by molar-refractivity contribution is 0.321. The molecule has 2 unspecified atom stereocenters. The van der Waals surface area contributed by atoms with Gasteiger partial charge in [0.25, 0.3) is 0 Å². The molecule has 3 aromatic rings. The van der Waals surface area contributed by atoms with Crippen molar-refractivity contribution in [2.75, 3.05) is 11.4 Å². The number of hydrogen-bond donors (Lipinski definition) is 0. The minimum atomic E-state index is 0.203. The molecule has 132 valence electrons. The molecule has 0 spiro atoms. The molecule has 0 saturated carbocycles.